The van der Waals surface area contributed by atoms with E-state index in [9.17, 15) is 5.11 Å². The Bertz CT molecular complexity index is 672. The van der Waals surface area contributed by atoms with Crippen LogP contribution in [0, 0.1) is 0 Å². The van der Waals surface area contributed by atoms with Gasteiger partial charge in [0.2, 0.25) is 0 Å². The molecule has 0 bridgehead atoms. The van der Waals surface area contributed by atoms with E-state index in [-0.39, 0.29) is 5.41 Å². The Morgan fingerprint density at radius 1 is 0.778 bits per heavy atom. The molecule has 27 heavy (non-hydrogen) atoms. The summed E-state index contributed by atoms with van der Waals surface area (Å²) < 4.78 is 0. The first-order valence-electron chi connectivity index (χ1n) is 10.9. The quantitative estimate of drug-likeness (QED) is 0.400. The van der Waals surface area contributed by atoms with Crippen LogP contribution < -0.4 is 0 Å². The van der Waals surface area contributed by atoms with Gasteiger partial charge in [-0.15, -0.1) is 0 Å². The number of unbranched alkanes of at least 4 members (excludes halogenated alkanes) is 4. The fraction of sp³-hybridized carbons (Fsp3) is 0.538. The van der Waals surface area contributed by atoms with Gasteiger partial charge in [-0.3, -0.25) is 0 Å². The van der Waals surface area contributed by atoms with Crippen LogP contribution in [-0.2, 0) is 5.41 Å². The van der Waals surface area contributed by atoms with E-state index >= 15 is 0 Å². The average molecular weight is 367 g/mol. The third-order valence-electron chi connectivity index (χ3n) is 5.95. The minimum absolute atomic E-state index is 0.212. The maximum Gasteiger partial charge on any atom is 0.119 e. The van der Waals surface area contributed by atoms with Gasteiger partial charge in [-0.2, -0.15) is 0 Å². The lowest BCUT2D eigenvalue weighted by Gasteiger charge is -2.32. The third kappa shape index (κ3) is 5.61. The summed E-state index contributed by atoms with van der Waals surface area (Å²) in [7, 11) is 0. The molecule has 0 amide bonds. The van der Waals surface area contributed by atoms with Gasteiger partial charge in [0.1, 0.15) is 5.75 Å². The number of aromatic hydroxyl groups is 1. The molecule has 1 nitrogen and oxygen atoms in total. The first-order valence-corrected chi connectivity index (χ1v) is 10.9. The molecule has 2 aromatic rings. The molecule has 1 unspecified atom stereocenters. The Morgan fingerprint density at radius 2 is 1.44 bits per heavy atom. The van der Waals surface area contributed by atoms with E-state index < -0.39 is 0 Å². The predicted octanol–water partition coefficient (Wildman–Crippen LogP) is 7.96. The number of phenols is 1. The molecule has 0 fully saturated rings. The van der Waals surface area contributed by atoms with Crippen LogP contribution in [0.2, 0.25) is 0 Å². The van der Waals surface area contributed by atoms with Gasteiger partial charge >= 0.3 is 0 Å². The molecule has 2 aromatic carbocycles. The highest BCUT2D eigenvalue weighted by Crippen LogP contribution is 2.43. The van der Waals surface area contributed by atoms with Gasteiger partial charge in [0.15, 0.2) is 0 Å². The number of benzene rings is 2. The second kappa shape index (κ2) is 10.5. The SMILES string of the molecule is CCCCCCC(CCCC)c1cccc(O)c1C(C)(C)c1ccccc1. The molecule has 2 rings (SSSR count). The molecule has 148 valence electrons. The summed E-state index contributed by atoms with van der Waals surface area (Å²) in [5.74, 6) is 0.975. The maximum absolute atomic E-state index is 10.9. The van der Waals surface area contributed by atoms with Crippen molar-refractivity contribution in [2.24, 2.45) is 0 Å². The second-order valence-electron chi connectivity index (χ2n) is 8.42. The molecule has 0 aliphatic carbocycles. The van der Waals surface area contributed by atoms with E-state index in [4.69, 9.17) is 0 Å². The first-order chi connectivity index (χ1) is 13.0. The molecule has 0 aliphatic heterocycles. The van der Waals surface area contributed by atoms with Gasteiger partial charge < -0.3 is 5.11 Å². The number of hydrogen-bond acceptors (Lipinski definition) is 1. The summed E-state index contributed by atoms with van der Waals surface area (Å²) in [6.45, 7) is 9.03. The smallest absolute Gasteiger partial charge is 0.119 e. The highest BCUT2D eigenvalue weighted by atomic mass is 16.3. The van der Waals surface area contributed by atoms with E-state index in [1.165, 1.54) is 62.5 Å². The monoisotopic (exact) mass is 366 g/mol. The van der Waals surface area contributed by atoms with E-state index in [2.05, 4.69) is 64.1 Å². The Morgan fingerprint density at radius 3 is 2.11 bits per heavy atom. The summed E-state index contributed by atoms with van der Waals surface area (Å²) >= 11 is 0. The lowest BCUT2D eigenvalue weighted by Crippen LogP contribution is -2.22. The van der Waals surface area contributed by atoms with Gasteiger partial charge in [0.25, 0.3) is 0 Å². The molecule has 1 atom stereocenters. The van der Waals surface area contributed by atoms with Crippen molar-refractivity contribution >= 4 is 0 Å². The first kappa shape index (κ1) is 21.5. The predicted molar refractivity (Wildman–Crippen MR) is 118 cm³/mol. The molecule has 1 N–H and O–H groups in total. The van der Waals surface area contributed by atoms with Crippen LogP contribution >= 0.6 is 0 Å². The van der Waals surface area contributed by atoms with Crippen molar-refractivity contribution < 1.29 is 5.11 Å². The van der Waals surface area contributed by atoms with Crippen molar-refractivity contribution in [1.29, 1.82) is 0 Å². The van der Waals surface area contributed by atoms with Gasteiger partial charge in [-0.25, -0.2) is 0 Å². The normalized spacial score (nSPS) is 12.9. The zero-order valence-electron chi connectivity index (χ0n) is 17.8. The van der Waals surface area contributed by atoms with Gasteiger partial charge in [0.05, 0.1) is 0 Å². The van der Waals surface area contributed by atoms with Crippen molar-refractivity contribution in [1.82, 2.24) is 0 Å². The zero-order chi connectivity index (χ0) is 19.7. The van der Waals surface area contributed by atoms with Crippen LogP contribution in [0.4, 0.5) is 0 Å². The summed E-state index contributed by atoms with van der Waals surface area (Å²) in [6, 6.07) is 16.8. The van der Waals surface area contributed by atoms with Crippen LogP contribution in [0.15, 0.2) is 48.5 Å². The van der Waals surface area contributed by atoms with Crippen molar-refractivity contribution in [3.8, 4) is 5.75 Å². The van der Waals surface area contributed by atoms with Crippen LogP contribution in [0.25, 0.3) is 0 Å². The van der Waals surface area contributed by atoms with Gasteiger partial charge in [0, 0.05) is 11.0 Å². The number of phenolic OH excluding ortho intramolecular Hbond substituents is 1. The summed E-state index contributed by atoms with van der Waals surface area (Å²) in [4.78, 5) is 0. The lowest BCUT2D eigenvalue weighted by atomic mass is 9.72. The maximum atomic E-state index is 10.9. The summed E-state index contributed by atoms with van der Waals surface area (Å²) in [6.07, 6.45) is 10.1. The van der Waals surface area contributed by atoms with Crippen molar-refractivity contribution in [3.05, 3.63) is 65.2 Å². The van der Waals surface area contributed by atoms with Crippen molar-refractivity contribution in [2.45, 2.75) is 90.4 Å². The minimum atomic E-state index is -0.212. The highest BCUT2D eigenvalue weighted by molar-refractivity contribution is 5.51. The van der Waals surface area contributed by atoms with Gasteiger partial charge in [-0.05, 0) is 36.0 Å². The third-order valence-corrected chi connectivity index (χ3v) is 5.95. The van der Waals surface area contributed by atoms with E-state index in [0.29, 0.717) is 11.7 Å². The molecule has 0 spiro atoms. The molecular formula is C26H38O. The van der Waals surface area contributed by atoms with Crippen LogP contribution in [0.3, 0.4) is 0 Å². The van der Waals surface area contributed by atoms with E-state index in [1.807, 2.05) is 12.1 Å². The van der Waals surface area contributed by atoms with Crippen LogP contribution in [0.1, 0.15) is 102 Å². The fourth-order valence-corrected chi connectivity index (χ4v) is 4.30. The van der Waals surface area contributed by atoms with Crippen LogP contribution in [-0.4, -0.2) is 5.11 Å². The zero-order valence-corrected chi connectivity index (χ0v) is 17.8. The number of rotatable bonds is 11. The topological polar surface area (TPSA) is 20.2 Å². The highest BCUT2D eigenvalue weighted by Gasteiger charge is 2.30. The van der Waals surface area contributed by atoms with E-state index in [0.717, 1.165) is 5.56 Å². The standard InChI is InChI=1S/C26H38O/c1-5-7-9-11-16-21(15-8-6-2)23-19-14-20-24(27)25(23)26(3,4)22-17-12-10-13-18-22/h10,12-14,17-21,27H,5-9,11,15-16H2,1-4H3. The molecule has 0 heterocycles. The Labute approximate surface area is 166 Å². The second-order valence-corrected chi connectivity index (χ2v) is 8.42. The lowest BCUT2D eigenvalue weighted by molar-refractivity contribution is 0.442. The van der Waals surface area contributed by atoms with Gasteiger partial charge in [-0.1, -0.05) is 109 Å². The Kier molecular flexibility index (Phi) is 8.41. The largest absolute Gasteiger partial charge is 0.508 e. The molecule has 0 aromatic heterocycles. The van der Waals surface area contributed by atoms with Crippen LogP contribution in [0.5, 0.6) is 5.75 Å². The molecule has 0 aliphatic rings. The van der Waals surface area contributed by atoms with Crippen molar-refractivity contribution in [3.63, 3.8) is 0 Å². The minimum Gasteiger partial charge on any atom is -0.508 e. The Hall–Kier alpha value is -1.76. The molecule has 0 radical (unpaired) electrons. The summed E-state index contributed by atoms with van der Waals surface area (Å²) in [5, 5.41) is 10.9. The van der Waals surface area contributed by atoms with Crippen molar-refractivity contribution in [2.75, 3.05) is 0 Å². The molecule has 0 saturated heterocycles. The molecular weight excluding hydrogens is 328 g/mol. The average Bonchev–Trinajstić information content (AvgIpc) is 2.68. The molecule has 0 saturated carbocycles. The van der Waals surface area contributed by atoms with E-state index in [1.54, 1.807) is 0 Å². The summed E-state index contributed by atoms with van der Waals surface area (Å²) in [5.41, 5.74) is 3.52. The Balaban J connectivity index is 2.40. The number of hydrogen-bond donors (Lipinski definition) is 1. The fourth-order valence-electron chi connectivity index (χ4n) is 4.30. The molecule has 1 heteroatoms.